The number of likely N-dealkylation sites (tertiary alicyclic amines) is 1. The number of benzene rings is 1. The standard InChI is InChI=1S/C20H28N4O5/c1-5-20(2)18(26)24(19(27)21-20)22-17(25)12-23-10-6-7-15(23)14-9-8-13(28-3)11-16(14)29-4/h8-9,11,15H,5-7,10,12H2,1-4H3,(H,21,27)(H,22,25)/t15-,20-/m0/s1. The summed E-state index contributed by atoms with van der Waals surface area (Å²) in [5.41, 5.74) is 2.44. The quantitative estimate of drug-likeness (QED) is 0.670. The van der Waals surface area contributed by atoms with Crippen LogP contribution >= 0.6 is 0 Å². The number of ether oxygens (including phenoxy) is 2. The van der Waals surface area contributed by atoms with Crippen molar-refractivity contribution in [1.29, 1.82) is 0 Å². The van der Waals surface area contributed by atoms with Crippen molar-refractivity contribution in [3.8, 4) is 11.5 Å². The molecule has 2 saturated heterocycles. The average molecular weight is 404 g/mol. The molecule has 0 radical (unpaired) electrons. The molecule has 0 saturated carbocycles. The molecule has 0 spiro atoms. The van der Waals surface area contributed by atoms with E-state index in [4.69, 9.17) is 9.47 Å². The fourth-order valence-corrected chi connectivity index (χ4v) is 3.83. The Morgan fingerprint density at radius 3 is 2.69 bits per heavy atom. The summed E-state index contributed by atoms with van der Waals surface area (Å²) in [5.74, 6) is 0.543. The van der Waals surface area contributed by atoms with Crippen molar-refractivity contribution in [3.05, 3.63) is 23.8 Å². The summed E-state index contributed by atoms with van der Waals surface area (Å²) < 4.78 is 10.8. The number of hydrogen-bond donors (Lipinski definition) is 2. The number of methoxy groups -OCH3 is 2. The molecule has 0 aliphatic carbocycles. The molecule has 0 bridgehead atoms. The molecular formula is C20H28N4O5. The Bertz CT molecular complexity index is 814. The van der Waals surface area contributed by atoms with Crippen LogP contribution in [0.1, 0.15) is 44.7 Å². The summed E-state index contributed by atoms with van der Waals surface area (Å²) in [6.07, 6.45) is 2.26. The summed E-state index contributed by atoms with van der Waals surface area (Å²) in [7, 11) is 3.20. The van der Waals surface area contributed by atoms with Gasteiger partial charge < -0.3 is 14.8 Å². The second kappa shape index (κ2) is 8.28. The first-order chi connectivity index (χ1) is 13.8. The van der Waals surface area contributed by atoms with Crippen molar-refractivity contribution in [2.45, 2.75) is 44.7 Å². The molecular weight excluding hydrogens is 376 g/mol. The molecule has 4 amide bonds. The second-order valence-electron chi connectivity index (χ2n) is 7.53. The van der Waals surface area contributed by atoms with Crippen LogP contribution in [0.25, 0.3) is 0 Å². The number of hydrogen-bond acceptors (Lipinski definition) is 6. The minimum Gasteiger partial charge on any atom is -0.497 e. The highest BCUT2D eigenvalue weighted by molar-refractivity contribution is 6.07. The molecule has 0 aromatic heterocycles. The molecule has 9 heteroatoms. The van der Waals surface area contributed by atoms with Gasteiger partial charge in [-0.05, 0) is 38.8 Å². The van der Waals surface area contributed by atoms with E-state index >= 15 is 0 Å². The lowest BCUT2D eigenvalue weighted by Gasteiger charge is -2.26. The van der Waals surface area contributed by atoms with E-state index < -0.39 is 23.4 Å². The molecule has 2 heterocycles. The third-order valence-corrected chi connectivity index (χ3v) is 5.71. The van der Waals surface area contributed by atoms with Gasteiger partial charge in [0.1, 0.15) is 17.0 Å². The molecule has 2 fully saturated rings. The van der Waals surface area contributed by atoms with Crippen LogP contribution in [0, 0.1) is 0 Å². The number of hydrazine groups is 1. The molecule has 3 rings (SSSR count). The first-order valence-corrected chi connectivity index (χ1v) is 9.75. The zero-order chi connectivity index (χ0) is 21.2. The summed E-state index contributed by atoms with van der Waals surface area (Å²) in [5, 5.41) is 3.40. The van der Waals surface area contributed by atoms with Crippen molar-refractivity contribution >= 4 is 17.8 Å². The third kappa shape index (κ3) is 4.00. The summed E-state index contributed by atoms with van der Waals surface area (Å²) in [6, 6.07) is 5.04. The molecule has 2 aliphatic heterocycles. The van der Waals surface area contributed by atoms with Crippen LogP contribution in [0.4, 0.5) is 4.79 Å². The highest BCUT2D eigenvalue weighted by Gasteiger charge is 2.47. The van der Waals surface area contributed by atoms with Crippen LogP contribution in [0.5, 0.6) is 11.5 Å². The van der Waals surface area contributed by atoms with Crippen LogP contribution in [-0.2, 0) is 9.59 Å². The Morgan fingerprint density at radius 2 is 2.07 bits per heavy atom. The van der Waals surface area contributed by atoms with Crippen molar-refractivity contribution in [1.82, 2.24) is 20.7 Å². The maximum Gasteiger partial charge on any atom is 0.344 e. The topological polar surface area (TPSA) is 100 Å². The largest absolute Gasteiger partial charge is 0.497 e. The van der Waals surface area contributed by atoms with Crippen LogP contribution in [-0.4, -0.2) is 60.6 Å². The van der Waals surface area contributed by atoms with Gasteiger partial charge in [0.2, 0.25) is 0 Å². The van der Waals surface area contributed by atoms with Gasteiger partial charge in [0.25, 0.3) is 11.8 Å². The molecule has 2 aliphatic rings. The van der Waals surface area contributed by atoms with Gasteiger partial charge in [0, 0.05) is 17.7 Å². The highest BCUT2D eigenvalue weighted by Crippen LogP contribution is 2.38. The number of imide groups is 1. The Morgan fingerprint density at radius 1 is 1.31 bits per heavy atom. The Hall–Kier alpha value is -2.81. The first kappa shape index (κ1) is 20.9. The van der Waals surface area contributed by atoms with Gasteiger partial charge in [0.15, 0.2) is 0 Å². The molecule has 1 aromatic rings. The predicted molar refractivity (Wildman–Crippen MR) is 105 cm³/mol. The van der Waals surface area contributed by atoms with Gasteiger partial charge in [-0.2, -0.15) is 5.01 Å². The van der Waals surface area contributed by atoms with Crippen molar-refractivity contribution in [2.24, 2.45) is 0 Å². The predicted octanol–water partition coefficient (Wildman–Crippen LogP) is 1.59. The van der Waals surface area contributed by atoms with E-state index in [1.165, 1.54) is 0 Å². The Labute approximate surface area is 170 Å². The maximum atomic E-state index is 12.6. The van der Waals surface area contributed by atoms with Gasteiger partial charge in [0.05, 0.1) is 20.8 Å². The number of amides is 4. The molecule has 2 N–H and O–H groups in total. The van der Waals surface area contributed by atoms with E-state index in [0.717, 1.165) is 30.0 Å². The Balaban J connectivity index is 1.69. The van der Waals surface area contributed by atoms with Gasteiger partial charge in [-0.3, -0.25) is 19.9 Å². The zero-order valence-electron chi connectivity index (χ0n) is 17.3. The van der Waals surface area contributed by atoms with E-state index in [1.807, 2.05) is 23.1 Å². The number of nitrogens with zero attached hydrogens (tertiary/aromatic N) is 2. The minimum absolute atomic E-state index is 0.00520. The van der Waals surface area contributed by atoms with Gasteiger partial charge in [-0.25, -0.2) is 4.79 Å². The number of urea groups is 1. The molecule has 29 heavy (non-hydrogen) atoms. The average Bonchev–Trinajstić information content (AvgIpc) is 3.25. The van der Waals surface area contributed by atoms with Crippen LogP contribution in [0.15, 0.2) is 18.2 Å². The second-order valence-corrected chi connectivity index (χ2v) is 7.53. The van der Waals surface area contributed by atoms with E-state index in [9.17, 15) is 14.4 Å². The van der Waals surface area contributed by atoms with E-state index in [2.05, 4.69) is 10.7 Å². The summed E-state index contributed by atoms with van der Waals surface area (Å²) >= 11 is 0. The lowest BCUT2D eigenvalue weighted by molar-refractivity contribution is -0.139. The van der Waals surface area contributed by atoms with E-state index in [1.54, 1.807) is 28.1 Å². The van der Waals surface area contributed by atoms with Gasteiger partial charge in [-0.15, -0.1) is 0 Å². The van der Waals surface area contributed by atoms with Gasteiger partial charge in [-0.1, -0.05) is 13.0 Å². The van der Waals surface area contributed by atoms with Crippen molar-refractivity contribution < 1.29 is 23.9 Å². The number of rotatable bonds is 7. The third-order valence-electron chi connectivity index (χ3n) is 5.71. The highest BCUT2D eigenvalue weighted by atomic mass is 16.5. The molecule has 158 valence electrons. The lowest BCUT2D eigenvalue weighted by Crippen LogP contribution is -2.51. The maximum absolute atomic E-state index is 12.6. The van der Waals surface area contributed by atoms with Crippen LogP contribution in [0.2, 0.25) is 0 Å². The molecule has 0 unspecified atom stereocenters. The molecule has 1 aromatic carbocycles. The number of carbonyl (C=O) groups is 3. The molecule has 2 atom stereocenters. The Kier molecular flexibility index (Phi) is 5.97. The first-order valence-electron chi connectivity index (χ1n) is 9.75. The smallest absolute Gasteiger partial charge is 0.344 e. The lowest BCUT2D eigenvalue weighted by atomic mass is 10.00. The van der Waals surface area contributed by atoms with Crippen molar-refractivity contribution in [2.75, 3.05) is 27.3 Å². The normalized spacial score (nSPS) is 24.6. The number of nitrogens with one attached hydrogen (secondary N) is 2. The minimum atomic E-state index is -0.989. The fraction of sp³-hybridized carbons (Fsp3) is 0.550. The summed E-state index contributed by atoms with van der Waals surface area (Å²) in [4.78, 5) is 39.2. The SMILES string of the molecule is CC[C@]1(C)NC(=O)N(NC(=O)CN2CCC[C@H]2c2ccc(OC)cc2OC)C1=O. The van der Waals surface area contributed by atoms with Crippen LogP contribution < -0.4 is 20.2 Å². The van der Waals surface area contributed by atoms with E-state index in [-0.39, 0.29) is 12.6 Å². The fourth-order valence-electron chi connectivity index (χ4n) is 3.83. The zero-order valence-corrected chi connectivity index (χ0v) is 17.3. The monoisotopic (exact) mass is 404 g/mol. The van der Waals surface area contributed by atoms with E-state index in [0.29, 0.717) is 17.9 Å². The van der Waals surface area contributed by atoms with Crippen molar-refractivity contribution in [3.63, 3.8) is 0 Å². The molecule has 9 nitrogen and oxygen atoms in total. The number of carbonyl (C=O) groups excluding carboxylic acids is 3. The summed E-state index contributed by atoms with van der Waals surface area (Å²) in [6.45, 7) is 4.26. The van der Waals surface area contributed by atoms with Crippen LogP contribution in [0.3, 0.4) is 0 Å². The van der Waals surface area contributed by atoms with Gasteiger partial charge >= 0.3 is 6.03 Å².